The predicted molar refractivity (Wildman–Crippen MR) is 94.2 cm³/mol. The van der Waals surface area contributed by atoms with Crippen molar-refractivity contribution >= 4 is 18.4 Å². The molecule has 0 spiro atoms. The maximum Gasteiger partial charge on any atom is 0.220 e. The molecular formula is C16H21N5O2S. The van der Waals surface area contributed by atoms with Crippen molar-refractivity contribution in [1.29, 1.82) is 0 Å². The highest BCUT2D eigenvalue weighted by atomic mass is 32.1. The second-order valence-electron chi connectivity index (χ2n) is 5.53. The van der Waals surface area contributed by atoms with Crippen LogP contribution in [-0.2, 0) is 11.4 Å². The highest BCUT2D eigenvalue weighted by Gasteiger charge is 2.13. The Morgan fingerprint density at radius 1 is 1.29 bits per heavy atom. The van der Waals surface area contributed by atoms with Crippen LogP contribution in [0.2, 0.25) is 0 Å². The van der Waals surface area contributed by atoms with E-state index in [9.17, 15) is 0 Å². The van der Waals surface area contributed by atoms with E-state index in [1.54, 1.807) is 22.7 Å². The molecule has 0 unspecified atom stereocenters. The lowest BCUT2D eigenvalue weighted by molar-refractivity contribution is 0.0209. The Morgan fingerprint density at radius 2 is 2.00 bits per heavy atom. The first-order valence-corrected chi connectivity index (χ1v) is 8.23. The van der Waals surface area contributed by atoms with Crippen LogP contribution in [0.3, 0.4) is 0 Å². The van der Waals surface area contributed by atoms with Crippen molar-refractivity contribution in [2.75, 3.05) is 33.4 Å². The lowest BCUT2D eigenvalue weighted by Gasteiger charge is -2.25. The minimum atomic E-state index is 0.587. The molecule has 1 aliphatic heterocycles. The van der Waals surface area contributed by atoms with Gasteiger partial charge in [0.15, 0.2) is 5.82 Å². The van der Waals surface area contributed by atoms with Crippen molar-refractivity contribution in [3.63, 3.8) is 0 Å². The number of rotatable bonds is 5. The van der Waals surface area contributed by atoms with Crippen molar-refractivity contribution in [1.82, 2.24) is 19.4 Å². The summed E-state index contributed by atoms with van der Waals surface area (Å²) in [5.41, 5.74) is 0.970. The molecule has 2 heterocycles. The topological polar surface area (TPSA) is 56.8 Å². The molecule has 8 heteroatoms. The quantitative estimate of drug-likeness (QED) is 0.611. The number of nitrogens with zero attached hydrogens (tertiary/aromatic N) is 5. The van der Waals surface area contributed by atoms with Gasteiger partial charge in [-0.25, -0.2) is 4.68 Å². The maximum atomic E-state index is 5.51. The van der Waals surface area contributed by atoms with Gasteiger partial charge in [0, 0.05) is 13.1 Å². The Labute approximate surface area is 146 Å². The summed E-state index contributed by atoms with van der Waals surface area (Å²) < 4.78 is 14.6. The van der Waals surface area contributed by atoms with E-state index >= 15 is 0 Å². The molecule has 128 valence electrons. The molecule has 0 bridgehead atoms. The van der Waals surface area contributed by atoms with Crippen LogP contribution < -0.4 is 4.74 Å². The van der Waals surface area contributed by atoms with Crippen LogP contribution in [0.1, 0.15) is 11.4 Å². The van der Waals surface area contributed by atoms with Gasteiger partial charge in [-0.2, -0.15) is 14.9 Å². The summed E-state index contributed by atoms with van der Waals surface area (Å²) >= 11 is 5.51. The lowest BCUT2D eigenvalue weighted by Crippen LogP contribution is -2.37. The van der Waals surface area contributed by atoms with Gasteiger partial charge in [-0.3, -0.25) is 4.90 Å². The molecule has 1 aromatic carbocycles. The Hall–Kier alpha value is -2.03. The van der Waals surface area contributed by atoms with Crippen LogP contribution in [-0.4, -0.2) is 59.0 Å². The molecular weight excluding hydrogens is 326 g/mol. The first-order chi connectivity index (χ1) is 11.7. The molecule has 0 saturated carbocycles. The second-order valence-corrected chi connectivity index (χ2v) is 5.90. The number of ether oxygens (including phenoxy) is 2. The molecule has 24 heavy (non-hydrogen) atoms. The first kappa shape index (κ1) is 16.8. The number of methoxy groups -OCH3 is 1. The molecule has 0 N–H and O–H groups in total. The number of benzene rings is 1. The number of hydrogen-bond donors (Lipinski definition) is 0. The molecule has 3 rings (SSSR count). The van der Waals surface area contributed by atoms with Gasteiger partial charge in [0.25, 0.3) is 0 Å². The van der Waals surface area contributed by atoms with E-state index in [4.69, 9.17) is 21.7 Å². The molecule has 0 amide bonds. The van der Waals surface area contributed by atoms with Gasteiger partial charge in [-0.15, -0.1) is 0 Å². The third-order valence-electron chi connectivity index (χ3n) is 3.85. The Bertz CT molecular complexity index is 760. The minimum Gasteiger partial charge on any atom is -0.497 e. The van der Waals surface area contributed by atoms with Gasteiger partial charge in [0.05, 0.1) is 33.2 Å². The summed E-state index contributed by atoms with van der Waals surface area (Å²) in [6.45, 7) is 5.85. The monoisotopic (exact) mass is 347 g/mol. The summed E-state index contributed by atoms with van der Waals surface area (Å²) in [5.74, 6) is 1.58. The molecule has 1 aliphatic rings. The van der Waals surface area contributed by atoms with Crippen LogP contribution in [0.25, 0.3) is 0 Å². The van der Waals surface area contributed by atoms with Crippen LogP contribution >= 0.6 is 12.2 Å². The van der Waals surface area contributed by atoms with E-state index < -0.39 is 0 Å². The van der Waals surface area contributed by atoms with Crippen molar-refractivity contribution < 1.29 is 9.47 Å². The zero-order valence-electron chi connectivity index (χ0n) is 13.9. The van der Waals surface area contributed by atoms with E-state index in [0.717, 1.165) is 43.4 Å². The van der Waals surface area contributed by atoms with Crippen molar-refractivity contribution in [2.45, 2.75) is 13.6 Å². The van der Waals surface area contributed by atoms with Crippen molar-refractivity contribution in [3.05, 3.63) is 40.4 Å². The van der Waals surface area contributed by atoms with Crippen molar-refractivity contribution in [2.24, 2.45) is 5.10 Å². The van der Waals surface area contributed by atoms with Crippen LogP contribution in [0.4, 0.5) is 0 Å². The molecule has 0 radical (unpaired) electrons. The lowest BCUT2D eigenvalue weighted by atomic mass is 10.2. The van der Waals surface area contributed by atoms with Crippen LogP contribution in [0.5, 0.6) is 5.75 Å². The van der Waals surface area contributed by atoms with E-state index in [1.165, 1.54) is 0 Å². The standard InChI is InChI=1S/C16H21N5O2S/c1-13-18-20(12-19-7-9-23-10-8-19)16(24)21(13)17-11-14-3-5-15(22-2)6-4-14/h3-6,11H,7-10,12H2,1-2H3/b17-11-. The van der Waals surface area contributed by atoms with E-state index in [2.05, 4.69) is 15.1 Å². The van der Waals surface area contributed by atoms with Gasteiger partial charge in [0.2, 0.25) is 4.77 Å². The zero-order chi connectivity index (χ0) is 16.9. The fraction of sp³-hybridized carbons (Fsp3) is 0.438. The largest absolute Gasteiger partial charge is 0.497 e. The number of aromatic nitrogens is 3. The third kappa shape index (κ3) is 3.89. The number of hydrogen-bond acceptors (Lipinski definition) is 6. The Balaban J connectivity index is 1.75. The van der Waals surface area contributed by atoms with Gasteiger partial charge < -0.3 is 9.47 Å². The zero-order valence-corrected chi connectivity index (χ0v) is 14.7. The summed E-state index contributed by atoms with van der Waals surface area (Å²) in [6, 6.07) is 7.68. The van der Waals surface area contributed by atoms with Crippen LogP contribution in [0.15, 0.2) is 29.4 Å². The van der Waals surface area contributed by atoms with E-state index in [1.807, 2.05) is 31.2 Å². The number of aryl methyl sites for hydroxylation is 1. The van der Waals surface area contributed by atoms with Crippen LogP contribution in [0, 0.1) is 11.7 Å². The molecule has 2 aromatic rings. The highest BCUT2D eigenvalue weighted by molar-refractivity contribution is 7.71. The number of morpholine rings is 1. The fourth-order valence-electron chi connectivity index (χ4n) is 2.48. The van der Waals surface area contributed by atoms with Gasteiger partial charge in [-0.1, -0.05) is 0 Å². The molecule has 7 nitrogen and oxygen atoms in total. The SMILES string of the molecule is COc1ccc(/C=N\n2c(C)nn(CN3CCOCC3)c2=S)cc1. The highest BCUT2D eigenvalue weighted by Crippen LogP contribution is 2.10. The average Bonchev–Trinajstić information content (AvgIpc) is 2.88. The second kappa shape index (κ2) is 7.69. The Morgan fingerprint density at radius 3 is 2.67 bits per heavy atom. The van der Waals surface area contributed by atoms with Gasteiger partial charge in [-0.05, 0) is 49.0 Å². The summed E-state index contributed by atoms with van der Waals surface area (Å²) in [5, 5.41) is 8.97. The summed E-state index contributed by atoms with van der Waals surface area (Å²) in [4.78, 5) is 2.27. The third-order valence-corrected chi connectivity index (χ3v) is 4.23. The smallest absolute Gasteiger partial charge is 0.220 e. The molecule has 1 saturated heterocycles. The van der Waals surface area contributed by atoms with Gasteiger partial charge >= 0.3 is 0 Å². The normalized spacial score (nSPS) is 15.9. The predicted octanol–water partition coefficient (Wildman–Crippen LogP) is 1.90. The molecule has 0 atom stereocenters. The fourth-order valence-corrected chi connectivity index (χ4v) is 2.76. The molecule has 0 aliphatic carbocycles. The molecule has 1 fully saturated rings. The first-order valence-electron chi connectivity index (χ1n) is 7.82. The summed E-state index contributed by atoms with van der Waals surface area (Å²) in [7, 11) is 1.65. The van der Waals surface area contributed by atoms with E-state index in [0.29, 0.717) is 11.4 Å². The van der Waals surface area contributed by atoms with Crippen molar-refractivity contribution in [3.8, 4) is 5.75 Å². The molecule has 1 aromatic heterocycles. The summed E-state index contributed by atoms with van der Waals surface area (Å²) in [6.07, 6.45) is 1.77. The average molecular weight is 347 g/mol. The maximum absolute atomic E-state index is 5.51. The van der Waals surface area contributed by atoms with E-state index in [-0.39, 0.29) is 0 Å². The van der Waals surface area contributed by atoms with Gasteiger partial charge in [0.1, 0.15) is 5.75 Å². The minimum absolute atomic E-state index is 0.587. The Kier molecular flexibility index (Phi) is 5.39.